The summed E-state index contributed by atoms with van der Waals surface area (Å²) in [6, 6.07) is 26.3. The summed E-state index contributed by atoms with van der Waals surface area (Å²) in [7, 11) is -4.30. The molecule has 252 valence electrons. The van der Waals surface area contributed by atoms with Gasteiger partial charge in [0.1, 0.15) is 12.6 Å². The molecule has 1 aliphatic rings. The van der Waals surface area contributed by atoms with Crippen LogP contribution in [-0.4, -0.2) is 43.8 Å². The van der Waals surface area contributed by atoms with Crippen LogP contribution in [0.4, 0.5) is 5.69 Å². The molecule has 4 aromatic carbocycles. The van der Waals surface area contributed by atoms with Crippen LogP contribution in [0.25, 0.3) is 0 Å². The first-order valence-corrected chi connectivity index (χ1v) is 18.5. The van der Waals surface area contributed by atoms with Gasteiger partial charge < -0.3 is 10.2 Å². The van der Waals surface area contributed by atoms with Gasteiger partial charge in [0.2, 0.25) is 11.8 Å². The molecule has 0 saturated heterocycles. The molecule has 2 amide bonds. The highest BCUT2D eigenvalue weighted by Gasteiger charge is 2.36. The highest BCUT2D eigenvalue weighted by Crippen LogP contribution is 2.31. The van der Waals surface area contributed by atoms with E-state index in [0.717, 1.165) is 47.5 Å². The van der Waals surface area contributed by atoms with Gasteiger partial charge >= 0.3 is 0 Å². The number of carbonyl (C=O) groups is 2. The lowest BCUT2D eigenvalue weighted by Crippen LogP contribution is -2.55. The van der Waals surface area contributed by atoms with Gasteiger partial charge in [-0.25, -0.2) is 8.42 Å². The molecule has 0 unspecified atom stereocenters. The van der Waals surface area contributed by atoms with Gasteiger partial charge in [0, 0.05) is 34.1 Å². The zero-order valence-electron chi connectivity index (χ0n) is 26.6. The molecule has 4 aromatic rings. The Kier molecular flexibility index (Phi) is 12.1. The molecule has 1 fully saturated rings. The second-order valence-corrected chi connectivity index (χ2v) is 15.3. The minimum absolute atomic E-state index is 0.00574. The topological polar surface area (TPSA) is 86.8 Å². The number of rotatable bonds is 12. The standard InChI is InChI=1S/C37H38Cl3N3O4S/c1-26-16-18-33(19-17-26)48(46,47)43(32-22-29(38)21-30(39)23-32)25-36(44)42(24-28-12-8-9-15-34(28)40)35(20-27-10-4-2-5-11-27)37(45)41-31-13-6-3-7-14-31/h2,4-5,8-12,15-19,21-23,31,35H,3,6-7,13-14,20,24-25H2,1H3,(H,41,45)/t35-/m1/s1. The van der Waals surface area contributed by atoms with Crippen molar-refractivity contribution in [3.63, 3.8) is 0 Å². The summed E-state index contributed by atoms with van der Waals surface area (Å²) >= 11 is 19.3. The first-order chi connectivity index (χ1) is 23.0. The number of anilines is 1. The molecule has 1 N–H and O–H groups in total. The van der Waals surface area contributed by atoms with E-state index < -0.39 is 28.5 Å². The summed E-state index contributed by atoms with van der Waals surface area (Å²) in [4.78, 5) is 30.4. The number of sulfonamides is 1. The largest absolute Gasteiger partial charge is 0.352 e. The normalized spacial score (nSPS) is 14.2. The van der Waals surface area contributed by atoms with Gasteiger partial charge in [0.05, 0.1) is 10.6 Å². The lowest BCUT2D eigenvalue weighted by Gasteiger charge is -2.35. The third-order valence-electron chi connectivity index (χ3n) is 8.54. The number of amides is 2. The van der Waals surface area contributed by atoms with Crippen molar-refractivity contribution >= 4 is 62.3 Å². The molecule has 11 heteroatoms. The molecule has 0 heterocycles. The Labute approximate surface area is 297 Å². The summed E-state index contributed by atoms with van der Waals surface area (Å²) in [5.41, 5.74) is 2.46. The van der Waals surface area contributed by atoms with E-state index in [1.165, 1.54) is 35.2 Å². The lowest BCUT2D eigenvalue weighted by atomic mass is 9.94. The smallest absolute Gasteiger partial charge is 0.264 e. The monoisotopic (exact) mass is 725 g/mol. The highest BCUT2D eigenvalue weighted by molar-refractivity contribution is 7.92. The van der Waals surface area contributed by atoms with Gasteiger partial charge in [-0.1, -0.05) is 120 Å². The molecule has 0 aliphatic heterocycles. The minimum atomic E-state index is -4.30. The second-order valence-electron chi connectivity index (χ2n) is 12.1. The van der Waals surface area contributed by atoms with Crippen LogP contribution in [0.15, 0.2) is 102 Å². The first-order valence-electron chi connectivity index (χ1n) is 15.9. The molecule has 1 atom stereocenters. The number of aryl methyl sites for hydroxylation is 1. The van der Waals surface area contributed by atoms with E-state index >= 15 is 0 Å². The van der Waals surface area contributed by atoms with Crippen molar-refractivity contribution < 1.29 is 18.0 Å². The molecule has 48 heavy (non-hydrogen) atoms. The van der Waals surface area contributed by atoms with Gasteiger partial charge in [0.15, 0.2) is 0 Å². The summed E-state index contributed by atoms with van der Waals surface area (Å²) in [5, 5.41) is 4.04. The van der Waals surface area contributed by atoms with Crippen molar-refractivity contribution in [1.82, 2.24) is 10.2 Å². The van der Waals surface area contributed by atoms with E-state index in [2.05, 4.69) is 5.32 Å². The minimum Gasteiger partial charge on any atom is -0.352 e. The van der Waals surface area contributed by atoms with Crippen LogP contribution >= 0.6 is 34.8 Å². The Hall–Kier alpha value is -3.56. The predicted octanol–water partition coefficient (Wildman–Crippen LogP) is 8.24. The van der Waals surface area contributed by atoms with E-state index in [0.29, 0.717) is 10.6 Å². The molecule has 0 aromatic heterocycles. The molecule has 0 bridgehead atoms. The number of benzene rings is 4. The fraction of sp³-hybridized carbons (Fsp3) is 0.297. The van der Waals surface area contributed by atoms with Crippen LogP contribution in [0, 0.1) is 6.92 Å². The van der Waals surface area contributed by atoms with Crippen LogP contribution in [0.5, 0.6) is 0 Å². The third-order valence-corrected chi connectivity index (χ3v) is 11.1. The average Bonchev–Trinajstić information content (AvgIpc) is 3.06. The van der Waals surface area contributed by atoms with E-state index in [9.17, 15) is 18.0 Å². The summed E-state index contributed by atoms with van der Waals surface area (Å²) < 4.78 is 29.5. The Bertz CT molecular complexity index is 1810. The fourth-order valence-electron chi connectivity index (χ4n) is 5.96. The zero-order chi connectivity index (χ0) is 34.3. The molecule has 5 rings (SSSR count). The Balaban J connectivity index is 1.59. The number of nitrogens with one attached hydrogen (secondary N) is 1. The quantitative estimate of drug-likeness (QED) is 0.159. The van der Waals surface area contributed by atoms with Gasteiger partial charge in [0.25, 0.3) is 10.0 Å². The van der Waals surface area contributed by atoms with Gasteiger partial charge in [-0.05, 0) is 67.3 Å². The third kappa shape index (κ3) is 9.11. The maximum atomic E-state index is 14.7. The molecule has 1 saturated carbocycles. The van der Waals surface area contributed by atoms with Gasteiger partial charge in [-0.2, -0.15) is 0 Å². The van der Waals surface area contributed by atoms with Crippen LogP contribution in [0.1, 0.15) is 48.8 Å². The molecule has 0 spiro atoms. The van der Waals surface area contributed by atoms with Crippen molar-refractivity contribution in [3.8, 4) is 0 Å². The fourth-order valence-corrected chi connectivity index (χ4v) is 8.07. The van der Waals surface area contributed by atoms with Crippen molar-refractivity contribution in [2.24, 2.45) is 0 Å². The van der Waals surface area contributed by atoms with Crippen LogP contribution in [0.3, 0.4) is 0 Å². The van der Waals surface area contributed by atoms with E-state index in [1.807, 2.05) is 37.3 Å². The second kappa shape index (κ2) is 16.2. The number of carbonyl (C=O) groups excluding carboxylic acids is 2. The summed E-state index contributed by atoms with van der Waals surface area (Å²) in [5.74, 6) is -0.897. The molecular formula is C37H38Cl3N3O4S. The molecular weight excluding hydrogens is 689 g/mol. The Morgan fingerprint density at radius 3 is 2.10 bits per heavy atom. The van der Waals surface area contributed by atoms with Crippen LogP contribution in [-0.2, 0) is 32.6 Å². The van der Waals surface area contributed by atoms with Gasteiger partial charge in [-0.3, -0.25) is 13.9 Å². The van der Waals surface area contributed by atoms with Crippen molar-refractivity contribution in [2.45, 2.75) is 69.0 Å². The summed E-state index contributed by atoms with van der Waals surface area (Å²) in [6.45, 7) is 1.20. The maximum absolute atomic E-state index is 14.7. The molecule has 0 radical (unpaired) electrons. The average molecular weight is 727 g/mol. The zero-order valence-corrected chi connectivity index (χ0v) is 29.7. The van der Waals surface area contributed by atoms with E-state index in [-0.39, 0.29) is 45.5 Å². The Morgan fingerprint density at radius 1 is 0.833 bits per heavy atom. The SMILES string of the molecule is Cc1ccc(S(=O)(=O)N(CC(=O)N(Cc2ccccc2Cl)[C@H](Cc2ccccc2)C(=O)NC2CCCCC2)c2cc(Cl)cc(Cl)c2)cc1. The number of nitrogens with zero attached hydrogens (tertiary/aromatic N) is 2. The van der Waals surface area contributed by atoms with Crippen molar-refractivity contribution in [3.05, 3.63) is 129 Å². The Morgan fingerprint density at radius 2 is 1.46 bits per heavy atom. The van der Waals surface area contributed by atoms with Crippen molar-refractivity contribution in [1.29, 1.82) is 0 Å². The molecule has 1 aliphatic carbocycles. The van der Waals surface area contributed by atoms with Crippen LogP contribution in [0.2, 0.25) is 15.1 Å². The number of halogens is 3. The number of hydrogen-bond acceptors (Lipinski definition) is 4. The summed E-state index contributed by atoms with van der Waals surface area (Å²) in [6.07, 6.45) is 5.09. The van der Waals surface area contributed by atoms with E-state index in [1.54, 1.807) is 36.4 Å². The van der Waals surface area contributed by atoms with Crippen molar-refractivity contribution in [2.75, 3.05) is 10.8 Å². The van der Waals surface area contributed by atoms with Gasteiger partial charge in [-0.15, -0.1) is 0 Å². The first kappa shape index (κ1) is 35.7. The number of hydrogen-bond donors (Lipinski definition) is 1. The lowest BCUT2D eigenvalue weighted by molar-refractivity contribution is -0.140. The maximum Gasteiger partial charge on any atom is 0.264 e. The van der Waals surface area contributed by atoms with E-state index in [4.69, 9.17) is 34.8 Å². The van der Waals surface area contributed by atoms with Crippen LogP contribution < -0.4 is 9.62 Å². The molecule has 7 nitrogen and oxygen atoms in total. The predicted molar refractivity (Wildman–Crippen MR) is 193 cm³/mol. The highest BCUT2D eigenvalue weighted by atomic mass is 35.5.